The standard InChI is InChI=1S/C22H22F2N4O2/c23-17-8-6-15(7-9-17)10-11-25-21(29)19-5-2-12-27-20(19)26-28(22(27)30)14-16-3-1-4-18(24)13-16/h1,3-4,6-9,13,19H,2,5,10-12,14H2,(H,25,29). The molecule has 1 aliphatic rings. The monoisotopic (exact) mass is 412 g/mol. The Hall–Kier alpha value is -3.29. The highest BCUT2D eigenvalue weighted by atomic mass is 19.1. The first-order valence-corrected chi connectivity index (χ1v) is 9.95. The average molecular weight is 412 g/mol. The lowest BCUT2D eigenvalue weighted by atomic mass is 9.98. The van der Waals surface area contributed by atoms with E-state index in [1.807, 2.05) is 0 Å². The summed E-state index contributed by atoms with van der Waals surface area (Å²) in [4.78, 5) is 25.4. The molecule has 4 rings (SSSR count). The van der Waals surface area contributed by atoms with Crippen LogP contribution < -0.4 is 11.0 Å². The summed E-state index contributed by atoms with van der Waals surface area (Å²) in [7, 11) is 0. The van der Waals surface area contributed by atoms with Crippen molar-refractivity contribution in [3.8, 4) is 0 Å². The molecule has 1 N–H and O–H groups in total. The lowest BCUT2D eigenvalue weighted by molar-refractivity contribution is -0.123. The van der Waals surface area contributed by atoms with Gasteiger partial charge >= 0.3 is 5.69 Å². The van der Waals surface area contributed by atoms with Gasteiger partial charge in [-0.05, 0) is 54.7 Å². The van der Waals surface area contributed by atoms with E-state index in [-0.39, 0.29) is 29.8 Å². The molecule has 1 aliphatic heterocycles. The van der Waals surface area contributed by atoms with Crippen LogP contribution >= 0.6 is 0 Å². The van der Waals surface area contributed by atoms with Crippen molar-refractivity contribution < 1.29 is 13.6 Å². The van der Waals surface area contributed by atoms with Crippen LogP contribution in [0.2, 0.25) is 0 Å². The summed E-state index contributed by atoms with van der Waals surface area (Å²) in [5.74, 6) is -0.906. The molecule has 2 heterocycles. The first kappa shape index (κ1) is 20.0. The quantitative estimate of drug-likeness (QED) is 0.677. The Labute approximate surface area is 172 Å². The van der Waals surface area contributed by atoms with E-state index < -0.39 is 5.92 Å². The van der Waals surface area contributed by atoms with Gasteiger partial charge in [0.15, 0.2) is 0 Å². The Morgan fingerprint density at radius 1 is 1.10 bits per heavy atom. The SMILES string of the molecule is O=C(NCCc1ccc(F)cc1)C1CCCn2c1nn(Cc1cccc(F)c1)c2=O. The van der Waals surface area contributed by atoms with Gasteiger partial charge in [0.25, 0.3) is 0 Å². The summed E-state index contributed by atoms with van der Waals surface area (Å²) in [6, 6.07) is 12.2. The summed E-state index contributed by atoms with van der Waals surface area (Å²) in [5, 5.41) is 7.29. The molecule has 0 fully saturated rings. The third-order valence-electron chi connectivity index (χ3n) is 5.30. The van der Waals surface area contributed by atoms with E-state index in [2.05, 4.69) is 10.4 Å². The minimum atomic E-state index is -0.506. The molecule has 2 aromatic carbocycles. The van der Waals surface area contributed by atoms with Gasteiger partial charge in [-0.15, -0.1) is 0 Å². The van der Waals surface area contributed by atoms with Crippen LogP contribution in [0.25, 0.3) is 0 Å². The van der Waals surface area contributed by atoms with Crippen molar-refractivity contribution in [3.63, 3.8) is 0 Å². The van der Waals surface area contributed by atoms with Gasteiger partial charge in [-0.2, -0.15) is 5.10 Å². The van der Waals surface area contributed by atoms with Crippen molar-refractivity contribution in [1.29, 1.82) is 0 Å². The van der Waals surface area contributed by atoms with Crippen molar-refractivity contribution in [3.05, 3.63) is 87.6 Å². The lowest BCUT2D eigenvalue weighted by Gasteiger charge is -2.21. The summed E-state index contributed by atoms with van der Waals surface area (Å²) in [5.41, 5.74) is 1.27. The van der Waals surface area contributed by atoms with E-state index >= 15 is 0 Å². The lowest BCUT2D eigenvalue weighted by Crippen LogP contribution is -2.36. The van der Waals surface area contributed by atoms with Gasteiger partial charge in [-0.25, -0.2) is 18.3 Å². The molecule has 0 aliphatic carbocycles. The molecule has 8 heteroatoms. The molecule has 0 saturated heterocycles. The van der Waals surface area contributed by atoms with E-state index in [9.17, 15) is 18.4 Å². The number of amides is 1. The van der Waals surface area contributed by atoms with Crippen LogP contribution in [0.3, 0.4) is 0 Å². The summed E-state index contributed by atoms with van der Waals surface area (Å²) >= 11 is 0. The number of nitrogens with one attached hydrogen (secondary N) is 1. The van der Waals surface area contributed by atoms with Gasteiger partial charge in [0.2, 0.25) is 5.91 Å². The van der Waals surface area contributed by atoms with Crippen molar-refractivity contribution in [1.82, 2.24) is 19.7 Å². The van der Waals surface area contributed by atoms with Crippen molar-refractivity contribution in [2.24, 2.45) is 0 Å². The van der Waals surface area contributed by atoms with E-state index in [1.54, 1.807) is 24.3 Å². The van der Waals surface area contributed by atoms with Gasteiger partial charge < -0.3 is 5.32 Å². The van der Waals surface area contributed by atoms with Gasteiger partial charge in [0.1, 0.15) is 17.5 Å². The Morgan fingerprint density at radius 2 is 1.90 bits per heavy atom. The fourth-order valence-corrected chi connectivity index (χ4v) is 3.77. The summed E-state index contributed by atoms with van der Waals surface area (Å²) in [6.45, 7) is 1.07. The molecule has 0 bridgehead atoms. The normalized spacial score (nSPS) is 15.6. The predicted molar refractivity (Wildman–Crippen MR) is 107 cm³/mol. The van der Waals surface area contributed by atoms with Crippen molar-refractivity contribution in [2.45, 2.75) is 38.3 Å². The third kappa shape index (κ3) is 4.32. The first-order chi connectivity index (χ1) is 14.5. The Morgan fingerprint density at radius 3 is 2.67 bits per heavy atom. The number of hydrogen-bond acceptors (Lipinski definition) is 3. The molecule has 0 radical (unpaired) electrons. The molecule has 1 amide bonds. The number of rotatable bonds is 6. The zero-order valence-corrected chi connectivity index (χ0v) is 16.4. The number of nitrogens with zero attached hydrogens (tertiary/aromatic N) is 3. The zero-order valence-electron chi connectivity index (χ0n) is 16.4. The molecule has 1 unspecified atom stereocenters. The van der Waals surface area contributed by atoms with E-state index in [4.69, 9.17) is 0 Å². The predicted octanol–water partition coefficient (Wildman–Crippen LogP) is 2.61. The van der Waals surface area contributed by atoms with E-state index in [1.165, 1.54) is 33.5 Å². The fraction of sp³-hybridized carbons (Fsp3) is 0.318. The molecular weight excluding hydrogens is 390 g/mol. The zero-order chi connectivity index (χ0) is 21.1. The van der Waals surface area contributed by atoms with Gasteiger partial charge in [-0.3, -0.25) is 9.36 Å². The smallest absolute Gasteiger partial charge is 0.346 e. The van der Waals surface area contributed by atoms with E-state index in [0.717, 1.165) is 5.56 Å². The fourth-order valence-electron chi connectivity index (χ4n) is 3.77. The van der Waals surface area contributed by atoms with Gasteiger partial charge in [0.05, 0.1) is 12.5 Å². The number of carbonyl (C=O) groups excluding carboxylic acids is 1. The minimum absolute atomic E-state index is 0.148. The highest BCUT2D eigenvalue weighted by Gasteiger charge is 2.31. The Balaban J connectivity index is 1.45. The molecule has 1 aromatic heterocycles. The Bertz CT molecular complexity index is 1110. The number of carbonyl (C=O) groups is 1. The summed E-state index contributed by atoms with van der Waals surface area (Å²) in [6.07, 6.45) is 1.90. The van der Waals surface area contributed by atoms with Gasteiger partial charge in [0, 0.05) is 13.1 Å². The number of benzene rings is 2. The molecule has 6 nitrogen and oxygen atoms in total. The maximum atomic E-state index is 13.4. The molecule has 156 valence electrons. The van der Waals surface area contributed by atoms with Crippen LogP contribution in [0.4, 0.5) is 8.78 Å². The van der Waals surface area contributed by atoms with Crippen molar-refractivity contribution in [2.75, 3.05) is 6.54 Å². The summed E-state index contributed by atoms with van der Waals surface area (Å²) < 4.78 is 29.2. The largest absolute Gasteiger partial charge is 0.355 e. The van der Waals surface area contributed by atoms with Crippen LogP contribution in [0, 0.1) is 11.6 Å². The van der Waals surface area contributed by atoms with Crippen LogP contribution in [0.1, 0.15) is 35.7 Å². The van der Waals surface area contributed by atoms with Crippen LogP contribution in [0.5, 0.6) is 0 Å². The molecule has 3 aromatic rings. The highest BCUT2D eigenvalue weighted by molar-refractivity contribution is 5.82. The number of halogens is 2. The average Bonchev–Trinajstić information content (AvgIpc) is 3.05. The molecule has 0 spiro atoms. The minimum Gasteiger partial charge on any atom is -0.355 e. The van der Waals surface area contributed by atoms with Gasteiger partial charge in [-0.1, -0.05) is 24.3 Å². The number of fused-ring (bicyclic) bond motifs is 1. The number of aromatic nitrogens is 3. The molecule has 0 saturated carbocycles. The molecular formula is C22H22F2N4O2. The van der Waals surface area contributed by atoms with Crippen LogP contribution in [-0.4, -0.2) is 26.8 Å². The second-order valence-electron chi connectivity index (χ2n) is 7.44. The maximum Gasteiger partial charge on any atom is 0.346 e. The third-order valence-corrected chi connectivity index (χ3v) is 5.30. The molecule has 1 atom stereocenters. The first-order valence-electron chi connectivity index (χ1n) is 9.95. The van der Waals surface area contributed by atoms with Crippen LogP contribution in [-0.2, 0) is 24.3 Å². The van der Waals surface area contributed by atoms with Crippen LogP contribution in [0.15, 0.2) is 53.3 Å². The second-order valence-corrected chi connectivity index (χ2v) is 7.44. The van der Waals surface area contributed by atoms with Crippen molar-refractivity contribution >= 4 is 5.91 Å². The maximum absolute atomic E-state index is 13.4. The molecule has 30 heavy (non-hydrogen) atoms. The topological polar surface area (TPSA) is 68.9 Å². The highest BCUT2D eigenvalue weighted by Crippen LogP contribution is 2.24. The van der Waals surface area contributed by atoms with E-state index in [0.29, 0.717) is 43.7 Å². The Kier molecular flexibility index (Phi) is 5.74. The number of hydrogen-bond donors (Lipinski definition) is 1. The second kappa shape index (κ2) is 8.61.